The first kappa shape index (κ1) is 18.8. The first-order valence-corrected chi connectivity index (χ1v) is 8.20. The van der Waals surface area contributed by atoms with Crippen molar-refractivity contribution in [1.29, 1.82) is 0 Å². The van der Waals surface area contributed by atoms with Crippen LogP contribution in [0.5, 0.6) is 0 Å². The number of amides is 1. The highest BCUT2D eigenvalue weighted by atomic mass is 19.3. The Labute approximate surface area is 141 Å². The molecule has 1 aromatic heterocycles. The largest absolute Gasteiger partial charge is 0.390 e. The highest BCUT2D eigenvalue weighted by Crippen LogP contribution is 2.49. The molecule has 1 aliphatic carbocycles. The van der Waals surface area contributed by atoms with Gasteiger partial charge in [-0.25, -0.2) is 13.5 Å². The molecule has 0 radical (unpaired) electrons. The maximum atomic E-state index is 13.2. The summed E-state index contributed by atoms with van der Waals surface area (Å²) in [4.78, 5) is 12.2. The van der Waals surface area contributed by atoms with E-state index < -0.39 is 17.1 Å². The molecule has 1 aromatic rings. The molecule has 0 aliphatic heterocycles. The Morgan fingerprint density at radius 3 is 2.29 bits per heavy atom. The Kier molecular flexibility index (Phi) is 4.54. The molecular weight excluding hydrogens is 316 g/mol. The number of carbonyl (C=O) groups excluding carboxylic acids is 1. The molecule has 2 rings (SSSR count). The van der Waals surface area contributed by atoms with Crippen molar-refractivity contribution in [2.24, 2.45) is 0 Å². The zero-order valence-corrected chi connectivity index (χ0v) is 15.2. The Morgan fingerprint density at radius 2 is 1.88 bits per heavy atom. The standard InChI is InChI=1S/C17H27F2N3O2/c1-10-13(11-7-17(18,19)8-11)21-22(15(2,3)4)14(10)20-12(23)9-16(5,6)24/h11,24H,7-9H2,1-6H3,(H,20,23). The van der Waals surface area contributed by atoms with Gasteiger partial charge < -0.3 is 10.4 Å². The fourth-order valence-corrected chi connectivity index (χ4v) is 2.96. The molecule has 1 fully saturated rings. The number of hydrogen-bond acceptors (Lipinski definition) is 3. The number of hydrogen-bond donors (Lipinski definition) is 2. The lowest BCUT2D eigenvalue weighted by atomic mass is 9.78. The van der Waals surface area contributed by atoms with E-state index in [1.807, 2.05) is 20.8 Å². The van der Waals surface area contributed by atoms with E-state index in [9.17, 15) is 18.7 Å². The van der Waals surface area contributed by atoms with Crippen molar-refractivity contribution in [1.82, 2.24) is 9.78 Å². The van der Waals surface area contributed by atoms with E-state index in [1.54, 1.807) is 25.5 Å². The van der Waals surface area contributed by atoms with E-state index >= 15 is 0 Å². The molecule has 0 aromatic carbocycles. The summed E-state index contributed by atoms with van der Waals surface area (Å²) in [5.74, 6) is -2.72. The lowest BCUT2D eigenvalue weighted by Crippen LogP contribution is -2.34. The van der Waals surface area contributed by atoms with Crippen LogP contribution in [-0.2, 0) is 10.3 Å². The van der Waals surface area contributed by atoms with Gasteiger partial charge in [-0.05, 0) is 41.5 Å². The average molecular weight is 343 g/mol. The van der Waals surface area contributed by atoms with Gasteiger partial charge >= 0.3 is 0 Å². The number of nitrogens with zero attached hydrogens (tertiary/aromatic N) is 2. The molecule has 0 bridgehead atoms. The number of carbonyl (C=O) groups is 1. The van der Waals surface area contributed by atoms with E-state index in [0.29, 0.717) is 11.5 Å². The molecule has 1 heterocycles. The molecule has 0 unspecified atom stereocenters. The van der Waals surface area contributed by atoms with Crippen molar-refractivity contribution >= 4 is 11.7 Å². The highest BCUT2D eigenvalue weighted by molar-refractivity contribution is 5.91. The van der Waals surface area contributed by atoms with Crippen LogP contribution in [0.15, 0.2) is 0 Å². The topological polar surface area (TPSA) is 67.2 Å². The second-order valence-corrected chi connectivity index (χ2v) is 8.44. The van der Waals surface area contributed by atoms with Crippen molar-refractivity contribution in [2.45, 2.75) is 83.8 Å². The first-order chi connectivity index (χ1) is 10.7. The molecule has 1 amide bonds. The zero-order valence-electron chi connectivity index (χ0n) is 15.2. The summed E-state index contributed by atoms with van der Waals surface area (Å²) in [7, 11) is 0. The summed E-state index contributed by atoms with van der Waals surface area (Å²) in [6, 6.07) is 0. The van der Waals surface area contributed by atoms with Gasteiger partial charge in [0.25, 0.3) is 0 Å². The lowest BCUT2D eigenvalue weighted by Gasteiger charge is -2.34. The monoisotopic (exact) mass is 343 g/mol. The Bertz CT molecular complexity index is 631. The molecular formula is C17H27F2N3O2. The SMILES string of the molecule is Cc1c(C2CC(F)(F)C2)nn(C(C)(C)C)c1NC(=O)CC(C)(C)O. The van der Waals surface area contributed by atoms with Crippen LogP contribution in [0.4, 0.5) is 14.6 Å². The maximum absolute atomic E-state index is 13.2. The number of rotatable bonds is 4. The summed E-state index contributed by atoms with van der Waals surface area (Å²) < 4.78 is 28.1. The molecule has 0 saturated heterocycles. The molecule has 0 atom stereocenters. The van der Waals surface area contributed by atoms with Gasteiger partial charge in [0.05, 0.1) is 23.3 Å². The second-order valence-electron chi connectivity index (χ2n) is 8.44. The quantitative estimate of drug-likeness (QED) is 0.878. The number of halogens is 2. The van der Waals surface area contributed by atoms with E-state index in [2.05, 4.69) is 10.4 Å². The third-order valence-electron chi connectivity index (χ3n) is 4.12. The van der Waals surface area contributed by atoms with Gasteiger partial charge in [0, 0.05) is 24.3 Å². The van der Waals surface area contributed by atoms with Crippen LogP contribution in [0.25, 0.3) is 0 Å². The van der Waals surface area contributed by atoms with Crippen LogP contribution in [-0.4, -0.2) is 32.3 Å². The van der Waals surface area contributed by atoms with Crippen molar-refractivity contribution < 1.29 is 18.7 Å². The minimum absolute atomic E-state index is 0.0569. The number of anilines is 1. The third-order valence-corrected chi connectivity index (χ3v) is 4.12. The first-order valence-electron chi connectivity index (χ1n) is 8.20. The van der Waals surface area contributed by atoms with E-state index in [0.717, 1.165) is 5.56 Å². The fourth-order valence-electron chi connectivity index (χ4n) is 2.96. The van der Waals surface area contributed by atoms with Crippen molar-refractivity contribution in [3.05, 3.63) is 11.3 Å². The number of alkyl halides is 2. The van der Waals surface area contributed by atoms with Crippen LogP contribution in [0.3, 0.4) is 0 Å². The molecule has 24 heavy (non-hydrogen) atoms. The number of aliphatic hydroxyl groups is 1. The Hall–Kier alpha value is -1.50. The van der Waals surface area contributed by atoms with Gasteiger partial charge in [-0.15, -0.1) is 0 Å². The van der Waals surface area contributed by atoms with Gasteiger partial charge in [-0.3, -0.25) is 4.79 Å². The van der Waals surface area contributed by atoms with E-state index in [-0.39, 0.29) is 31.1 Å². The summed E-state index contributed by atoms with van der Waals surface area (Å²) in [6.07, 6.45) is -0.462. The minimum Gasteiger partial charge on any atom is -0.390 e. The molecule has 1 saturated carbocycles. The minimum atomic E-state index is -2.62. The normalized spacial score (nSPS) is 18.4. The second kappa shape index (κ2) is 5.79. The van der Waals surface area contributed by atoms with Gasteiger partial charge in [0.2, 0.25) is 11.8 Å². The van der Waals surface area contributed by atoms with Crippen LogP contribution < -0.4 is 5.32 Å². The van der Waals surface area contributed by atoms with Crippen LogP contribution in [0.2, 0.25) is 0 Å². The number of nitrogens with one attached hydrogen (secondary N) is 1. The van der Waals surface area contributed by atoms with E-state index in [1.165, 1.54) is 0 Å². The molecule has 5 nitrogen and oxygen atoms in total. The van der Waals surface area contributed by atoms with E-state index in [4.69, 9.17) is 0 Å². The fraction of sp³-hybridized carbons (Fsp3) is 0.765. The predicted molar refractivity (Wildman–Crippen MR) is 88.4 cm³/mol. The maximum Gasteiger partial charge on any atom is 0.249 e. The van der Waals surface area contributed by atoms with Gasteiger partial charge in [-0.1, -0.05) is 0 Å². The summed E-state index contributed by atoms with van der Waals surface area (Å²) in [6.45, 7) is 10.7. The molecule has 0 spiro atoms. The molecule has 7 heteroatoms. The summed E-state index contributed by atoms with van der Waals surface area (Å²) in [5.41, 5.74) is -0.195. The third kappa shape index (κ3) is 4.12. The average Bonchev–Trinajstić information content (AvgIpc) is 2.61. The van der Waals surface area contributed by atoms with Gasteiger partial charge in [0.15, 0.2) is 0 Å². The molecule has 1 aliphatic rings. The van der Waals surface area contributed by atoms with Crippen molar-refractivity contribution in [2.75, 3.05) is 5.32 Å². The molecule has 2 N–H and O–H groups in total. The predicted octanol–water partition coefficient (Wildman–Crippen LogP) is 3.56. The van der Waals surface area contributed by atoms with Gasteiger partial charge in [-0.2, -0.15) is 5.10 Å². The summed E-state index contributed by atoms with van der Waals surface area (Å²) in [5, 5.41) is 17.1. The van der Waals surface area contributed by atoms with Gasteiger partial charge in [0.1, 0.15) is 5.82 Å². The zero-order chi connectivity index (χ0) is 18.5. The van der Waals surface area contributed by atoms with Crippen LogP contribution in [0, 0.1) is 6.92 Å². The Balaban J connectivity index is 2.32. The molecule has 136 valence electrons. The van der Waals surface area contributed by atoms with Crippen molar-refractivity contribution in [3.63, 3.8) is 0 Å². The van der Waals surface area contributed by atoms with Crippen LogP contribution >= 0.6 is 0 Å². The van der Waals surface area contributed by atoms with Crippen molar-refractivity contribution in [3.8, 4) is 0 Å². The highest BCUT2D eigenvalue weighted by Gasteiger charge is 2.48. The smallest absolute Gasteiger partial charge is 0.249 e. The Morgan fingerprint density at radius 1 is 1.33 bits per heavy atom. The number of aromatic nitrogens is 2. The summed E-state index contributed by atoms with van der Waals surface area (Å²) >= 11 is 0. The van der Waals surface area contributed by atoms with Crippen LogP contribution in [0.1, 0.15) is 71.1 Å². The lowest BCUT2D eigenvalue weighted by molar-refractivity contribution is -0.119.